The van der Waals surface area contributed by atoms with Gasteiger partial charge in [-0.25, -0.2) is 0 Å². The minimum absolute atomic E-state index is 0.0704. The van der Waals surface area contributed by atoms with Crippen LogP contribution in [0.15, 0.2) is 0 Å². The molecular weight excluding hydrogens is 260 g/mol. The number of nitrogens with one attached hydrogen (secondary N) is 2. The molecule has 0 saturated carbocycles. The second-order valence-corrected chi connectivity index (χ2v) is 5.77. The summed E-state index contributed by atoms with van der Waals surface area (Å²) in [6.07, 6.45) is 5.03. The van der Waals surface area contributed by atoms with E-state index in [1.54, 1.807) is 0 Å². The predicted molar refractivity (Wildman–Crippen MR) is 73.4 cm³/mol. The van der Waals surface area contributed by atoms with E-state index in [0.717, 1.165) is 32.2 Å². The smallest absolute Gasteiger partial charge is 0.311 e. The lowest BCUT2D eigenvalue weighted by Gasteiger charge is -2.33. The van der Waals surface area contributed by atoms with Gasteiger partial charge in [0.1, 0.15) is 0 Å². The quantitative estimate of drug-likeness (QED) is 0.700. The third-order valence-corrected chi connectivity index (χ3v) is 4.38. The molecule has 0 bridgehead atoms. The predicted octanol–water partition coefficient (Wildman–Crippen LogP) is 0.516. The molecule has 0 aliphatic carbocycles. The van der Waals surface area contributed by atoms with E-state index in [1.807, 2.05) is 0 Å². The fourth-order valence-corrected chi connectivity index (χ4v) is 2.86. The summed E-state index contributed by atoms with van der Waals surface area (Å²) in [5.41, 5.74) is -0.862. The maximum absolute atomic E-state index is 12.2. The van der Waals surface area contributed by atoms with Crippen molar-refractivity contribution in [2.45, 2.75) is 44.6 Å². The van der Waals surface area contributed by atoms with Gasteiger partial charge in [0.15, 0.2) is 0 Å². The molecule has 0 aromatic rings. The van der Waals surface area contributed by atoms with E-state index < -0.39 is 11.4 Å². The monoisotopic (exact) mass is 284 g/mol. The SMILES string of the molecule is O=C(NCC1(C(=O)O)CCOCC1)C1CCCCCN1. The van der Waals surface area contributed by atoms with E-state index in [4.69, 9.17) is 4.74 Å². The molecular formula is C14H24N2O4. The lowest BCUT2D eigenvalue weighted by molar-refractivity contribution is -0.154. The molecule has 2 aliphatic rings. The average Bonchev–Trinajstić information content (AvgIpc) is 2.74. The van der Waals surface area contributed by atoms with Crippen molar-refractivity contribution in [2.24, 2.45) is 5.41 Å². The normalized spacial score (nSPS) is 26.5. The van der Waals surface area contributed by atoms with Crippen LogP contribution in [0.3, 0.4) is 0 Å². The van der Waals surface area contributed by atoms with Gasteiger partial charge < -0.3 is 20.5 Å². The van der Waals surface area contributed by atoms with Gasteiger partial charge >= 0.3 is 5.97 Å². The topological polar surface area (TPSA) is 87.7 Å². The third kappa shape index (κ3) is 3.70. The number of ether oxygens (including phenoxy) is 1. The van der Waals surface area contributed by atoms with Gasteiger partial charge in [-0.15, -0.1) is 0 Å². The molecule has 2 heterocycles. The molecule has 0 aromatic carbocycles. The highest BCUT2D eigenvalue weighted by Crippen LogP contribution is 2.30. The minimum Gasteiger partial charge on any atom is -0.481 e. The van der Waals surface area contributed by atoms with Gasteiger partial charge in [0.25, 0.3) is 0 Å². The van der Waals surface area contributed by atoms with Crippen molar-refractivity contribution in [1.82, 2.24) is 10.6 Å². The Balaban J connectivity index is 1.88. The molecule has 2 rings (SSSR count). The van der Waals surface area contributed by atoms with Crippen LogP contribution in [-0.2, 0) is 14.3 Å². The van der Waals surface area contributed by atoms with Crippen LogP contribution in [0.2, 0.25) is 0 Å². The van der Waals surface area contributed by atoms with Crippen LogP contribution in [0.4, 0.5) is 0 Å². The molecule has 2 fully saturated rings. The van der Waals surface area contributed by atoms with Crippen molar-refractivity contribution in [2.75, 3.05) is 26.3 Å². The van der Waals surface area contributed by atoms with Gasteiger partial charge in [0, 0.05) is 19.8 Å². The van der Waals surface area contributed by atoms with Crippen LogP contribution in [0.5, 0.6) is 0 Å². The second kappa shape index (κ2) is 7.04. The highest BCUT2D eigenvalue weighted by molar-refractivity contribution is 5.83. The van der Waals surface area contributed by atoms with Gasteiger partial charge in [-0.2, -0.15) is 0 Å². The summed E-state index contributed by atoms with van der Waals surface area (Å²) < 4.78 is 5.23. The number of carboxylic acids is 1. The molecule has 2 aliphatic heterocycles. The minimum atomic E-state index is -0.862. The first-order valence-corrected chi connectivity index (χ1v) is 7.46. The first kappa shape index (κ1) is 15.3. The van der Waals surface area contributed by atoms with Crippen LogP contribution in [0.25, 0.3) is 0 Å². The Labute approximate surface area is 119 Å². The van der Waals surface area contributed by atoms with E-state index in [1.165, 1.54) is 0 Å². The number of amides is 1. The molecule has 0 radical (unpaired) electrons. The summed E-state index contributed by atoms with van der Waals surface area (Å²) in [5, 5.41) is 15.5. The Hall–Kier alpha value is -1.14. The van der Waals surface area contributed by atoms with Crippen molar-refractivity contribution in [1.29, 1.82) is 0 Å². The lowest BCUT2D eigenvalue weighted by atomic mass is 9.80. The van der Waals surface area contributed by atoms with Gasteiger partial charge in [-0.05, 0) is 32.2 Å². The number of rotatable bonds is 4. The molecule has 3 N–H and O–H groups in total. The number of hydrogen-bond acceptors (Lipinski definition) is 4. The van der Waals surface area contributed by atoms with Crippen molar-refractivity contribution in [3.05, 3.63) is 0 Å². The van der Waals surface area contributed by atoms with E-state index in [-0.39, 0.29) is 18.5 Å². The number of aliphatic carboxylic acids is 1. The average molecular weight is 284 g/mol. The Bertz CT molecular complexity index is 345. The summed E-state index contributed by atoms with van der Waals surface area (Å²) in [7, 11) is 0. The first-order chi connectivity index (χ1) is 9.64. The maximum Gasteiger partial charge on any atom is 0.311 e. The van der Waals surface area contributed by atoms with Crippen LogP contribution >= 0.6 is 0 Å². The maximum atomic E-state index is 12.2. The molecule has 1 atom stereocenters. The van der Waals surface area contributed by atoms with Crippen molar-refractivity contribution < 1.29 is 19.4 Å². The Kier molecular flexibility index (Phi) is 5.37. The molecule has 0 spiro atoms. The standard InChI is InChI=1S/C14H24N2O4/c17-12(11-4-2-1-3-7-15-11)16-10-14(13(18)19)5-8-20-9-6-14/h11,15H,1-10H2,(H,16,17)(H,18,19). The van der Waals surface area contributed by atoms with Gasteiger partial charge in [0.2, 0.25) is 5.91 Å². The second-order valence-electron chi connectivity index (χ2n) is 5.77. The summed E-state index contributed by atoms with van der Waals surface area (Å²) in [5.74, 6) is -0.908. The van der Waals surface area contributed by atoms with E-state index in [9.17, 15) is 14.7 Å². The largest absolute Gasteiger partial charge is 0.481 e. The molecule has 20 heavy (non-hydrogen) atoms. The summed E-state index contributed by atoms with van der Waals surface area (Å²) >= 11 is 0. The van der Waals surface area contributed by atoms with Gasteiger partial charge in [-0.1, -0.05) is 12.8 Å². The first-order valence-electron chi connectivity index (χ1n) is 7.46. The van der Waals surface area contributed by atoms with Crippen LogP contribution in [0, 0.1) is 5.41 Å². The van der Waals surface area contributed by atoms with Crippen molar-refractivity contribution in [3.63, 3.8) is 0 Å². The number of carbonyl (C=O) groups excluding carboxylic acids is 1. The van der Waals surface area contributed by atoms with E-state index >= 15 is 0 Å². The fourth-order valence-electron chi connectivity index (χ4n) is 2.86. The van der Waals surface area contributed by atoms with Crippen molar-refractivity contribution in [3.8, 4) is 0 Å². The van der Waals surface area contributed by atoms with E-state index in [2.05, 4.69) is 10.6 Å². The zero-order chi connectivity index (χ0) is 14.4. The molecule has 0 aromatic heterocycles. The third-order valence-electron chi connectivity index (χ3n) is 4.38. The number of hydrogen-bond donors (Lipinski definition) is 3. The zero-order valence-electron chi connectivity index (χ0n) is 11.8. The Morgan fingerprint density at radius 1 is 1.25 bits per heavy atom. The van der Waals surface area contributed by atoms with Crippen LogP contribution in [0.1, 0.15) is 38.5 Å². The molecule has 1 unspecified atom stereocenters. The molecule has 6 heteroatoms. The van der Waals surface area contributed by atoms with Gasteiger partial charge in [0.05, 0.1) is 11.5 Å². The fraction of sp³-hybridized carbons (Fsp3) is 0.857. The lowest BCUT2D eigenvalue weighted by Crippen LogP contribution is -2.51. The Morgan fingerprint density at radius 3 is 2.70 bits per heavy atom. The van der Waals surface area contributed by atoms with E-state index in [0.29, 0.717) is 26.1 Å². The highest BCUT2D eigenvalue weighted by Gasteiger charge is 2.40. The van der Waals surface area contributed by atoms with Crippen LogP contribution < -0.4 is 10.6 Å². The number of carboxylic acid groups (broad SMARTS) is 1. The zero-order valence-corrected chi connectivity index (χ0v) is 11.8. The molecule has 1 amide bonds. The Morgan fingerprint density at radius 2 is 2.00 bits per heavy atom. The number of carbonyl (C=O) groups is 2. The molecule has 114 valence electrons. The summed E-state index contributed by atoms with van der Waals surface area (Å²) in [6.45, 7) is 1.95. The summed E-state index contributed by atoms with van der Waals surface area (Å²) in [6, 6.07) is -0.178. The molecule has 6 nitrogen and oxygen atoms in total. The highest BCUT2D eigenvalue weighted by atomic mass is 16.5. The van der Waals surface area contributed by atoms with Gasteiger partial charge in [-0.3, -0.25) is 9.59 Å². The molecule has 2 saturated heterocycles. The summed E-state index contributed by atoms with van der Waals surface area (Å²) in [4.78, 5) is 23.7. The van der Waals surface area contributed by atoms with Crippen molar-refractivity contribution >= 4 is 11.9 Å². The van der Waals surface area contributed by atoms with Crippen LogP contribution in [-0.4, -0.2) is 49.3 Å².